The van der Waals surface area contributed by atoms with Crippen molar-refractivity contribution >= 4 is 12.4 Å². The molecule has 1 rings (SSSR count). The van der Waals surface area contributed by atoms with Crippen LogP contribution in [0, 0.1) is 12.8 Å². The number of terminal acetylenes is 1. The van der Waals surface area contributed by atoms with Crippen LogP contribution in [-0.2, 0) is 20.9 Å². The smallest absolute Gasteiger partial charge is 0.293 e. The van der Waals surface area contributed by atoms with Crippen molar-refractivity contribution in [1.82, 2.24) is 5.32 Å². The normalized spacial score (nSPS) is 8.90. The molecule has 0 spiro atoms. The average Bonchev–Trinajstić information content (AvgIpc) is 2.39. The molecular formula is C16H23NO3. The molecule has 0 bridgehead atoms. The van der Waals surface area contributed by atoms with Crippen molar-refractivity contribution in [2.24, 2.45) is 0 Å². The highest BCUT2D eigenvalue weighted by molar-refractivity contribution is 5.72. The Balaban J connectivity index is 0. The maximum absolute atomic E-state index is 10.5. The lowest BCUT2D eigenvalue weighted by Gasteiger charge is -2.14. The van der Waals surface area contributed by atoms with Crippen LogP contribution >= 0.6 is 0 Å². The summed E-state index contributed by atoms with van der Waals surface area (Å²) in [6.45, 7) is 8.06. The summed E-state index contributed by atoms with van der Waals surface area (Å²) in [6, 6.07) is 9.83. The van der Waals surface area contributed by atoms with Crippen molar-refractivity contribution in [2.45, 2.75) is 39.8 Å². The van der Waals surface area contributed by atoms with Gasteiger partial charge in [-0.1, -0.05) is 30.3 Å². The Hall–Kier alpha value is -2.28. The molecule has 0 aliphatic rings. The van der Waals surface area contributed by atoms with E-state index in [-0.39, 0.29) is 11.5 Å². The van der Waals surface area contributed by atoms with E-state index in [0.29, 0.717) is 13.0 Å². The van der Waals surface area contributed by atoms with Crippen LogP contribution in [0.5, 0.6) is 0 Å². The van der Waals surface area contributed by atoms with Gasteiger partial charge in [0.05, 0.1) is 0 Å². The molecule has 4 nitrogen and oxygen atoms in total. The maximum Gasteiger partial charge on any atom is 0.293 e. The third-order valence-electron chi connectivity index (χ3n) is 1.79. The Morgan fingerprint density at radius 3 is 2.05 bits per heavy atom. The molecule has 0 aliphatic carbocycles. The zero-order valence-electron chi connectivity index (χ0n) is 12.6. The lowest BCUT2D eigenvalue weighted by atomic mass is 10.2. The minimum atomic E-state index is -0.318. The largest absolute Gasteiger partial charge is 0.462 e. The summed E-state index contributed by atoms with van der Waals surface area (Å²) in [4.78, 5) is 20.1. The van der Waals surface area contributed by atoms with Crippen LogP contribution in [-0.4, -0.2) is 18.0 Å². The van der Waals surface area contributed by atoms with Gasteiger partial charge in [-0.2, -0.15) is 0 Å². The molecule has 1 amide bonds. The maximum atomic E-state index is 10.5. The Kier molecular flexibility index (Phi) is 11.8. The molecule has 0 aromatic heterocycles. The highest BCUT2D eigenvalue weighted by atomic mass is 16.5. The number of rotatable bonds is 3. The molecule has 0 unspecified atom stereocenters. The highest BCUT2D eigenvalue weighted by Gasteiger charge is 2.07. The summed E-state index contributed by atoms with van der Waals surface area (Å²) >= 11 is 0. The molecule has 0 saturated heterocycles. The van der Waals surface area contributed by atoms with Crippen molar-refractivity contribution in [1.29, 1.82) is 0 Å². The molecule has 0 atom stereocenters. The first-order chi connectivity index (χ1) is 9.35. The van der Waals surface area contributed by atoms with E-state index >= 15 is 0 Å². The zero-order valence-corrected chi connectivity index (χ0v) is 12.6. The van der Waals surface area contributed by atoms with Crippen molar-refractivity contribution in [3.05, 3.63) is 35.9 Å². The van der Waals surface area contributed by atoms with Gasteiger partial charge in [0.2, 0.25) is 5.91 Å². The molecule has 0 saturated carbocycles. The minimum Gasteiger partial charge on any atom is -0.462 e. The predicted octanol–water partition coefficient (Wildman–Crippen LogP) is 2.53. The predicted molar refractivity (Wildman–Crippen MR) is 80.8 cm³/mol. The van der Waals surface area contributed by atoms with Crippen LogP contribution in [0.3, 0.4) is 0 Å². The van der Waals surface area contributed by atoms with Crippen LogP contribution in [0.2, 0.25) is 0 Å². The van der Waals surface area contributed by atoms with Gasteiger partial charge in [0.25, 0.3) is 6.47 Å². The van der Waals surface area contributed by atoms with Crippen molar-refractivity contribution in [3.63, 3.8) is 0 Å². The molecule has 0 radical (unpaired) electrons. The molecule has 1 N–H and O–H groups in total. The summed E-state index contributed by atoms with van der Waals surface area (Å²) in [5.74, 6) is 0.00820. The van der Waals surface area contributed by atoms with E-state index in [0.717, 1.165) is 5.56 Å². The summed E-state index contributed by atoms with van der Waals surface area (Å²) in [5, 5.41) is 2.72. The van der Waals surface area contributed by atoms with Gasteiger partial charge in [0.1, 0.15) is 5.60 Å². The number of benzene rings is 1. The van der Waals surface area contributed by atoms with E-state index in [1.165, 1.54) is 6.92 Å². The molecule has 0 aliphatic heterocycles. The number of hydrogen-bond donors (Lipinski definition) is 1. The van der Waals surface area contributed by atoms with Crippen molar-refractivity contribution < 1.29 is 14.3 Å². The SMILES string of the molecule is C#C.CC(=O)NCc1ccccc1.CC(C)(C)OC=O. The Labute approximate surface area is 121 Å². The van der Waals surface area contributed by atoms with Crippen LogP contribution in [0.25, 0.3) is 0 Å². The first-order valence-electron chi connectivity index (χ1n) is 6.08. The quantitative estimate of drug-likeness (QED) is 0.682. The van der Waals surface area contributed by atoms with Gasteiger partial charge >= 0.3 is 0 Å². The van der Waals surface area contributed by atoms with E-state index in [2.05, 4.69) is 22.9 Å². The first kappa shape index (κ1) is 20.0. The second-order valence-corrected chi connectivity index (χ2v) is 4.72. The molecule has 0 fully saturated rings. The molecule has 4 heteroatoms. The van der Waals surface area contributed by atoms with Crippen LogP contribution in [0.1, 0.15) is 33.3 Å². The fraction of sp³-hybridized carbons (Fsp3) is 0.375. The fourth-order valence-electron chi connectivity index (χ4n) is 0.967. The Bertz CT molecular complexity index is 391. The zero-order chi connectivity index (χ0) is 16.0. The van der Waals surface area contributed by atoms with Gasteiger partial charge in [-0.05, 0) is 26.3 Å². The van der Waals surface area contributed by atoms with E-state index in [1.807, 2.05) is 51.1 Å². The third-order valence-corrected chi connectivity index (χ3v) is 1.79. The Morgan fingerprint density at radius 1 is 1.25 bits per heavy atom. The van der Waals surface area contributed by atoms with Crippen LogP contribution in [0.4, 0.5) is 0 Å². The standard InChI is InChI=1S/C9H11NO.C5H10O2.C2H2/c1-8(11)10-7-9-5-3-2-4-6-9;1-5(2,3)7-4-6;1-2/h2-6H,7H2,1H3,(H,10,11);4H,1-3H3;1-2H. The molecule has 110 valence electrons. The summed E-state index contributed by atoms with van der Waals surface area (Å²) in [5.41, 5.74) is 0.810. The number of nitrogens with one attached hydrogen (secondary N) is 1. The van der Waals surface area contributed by atoms with Gasteiger partial charge in [0, 0.05) is 13.5 Å². The second-order valence-electron chi connectivity index (χ2n) is 4.72. The fourth-order valence-corrected chi connectivity index (χ4v) is 0.967. The summed E-state index contributed by atoms with van der Waals surface area (Å²) in [6.07, 6.45) is 8.00. The summed E-state index contributed by atoms with van der Waals surface area (Å²) < 4.78 is 4.55. The lowest BCUT2D eigenvalue weighted by Crippen LogP contribution is -2.18. The van der Waals surface area contributed by atoms with Gasteiger partial charge in [-0.15, -0.1) is 12.8 Å². The number of carbonyl (C=O) groups is 2. The van der Waals surface area contributed by atoms with Gasteiger partial charge in [-0.25, -0.2) is 0 Å². The van der Waals surface area contributed by atoms with E-state index in [9.17, 15) is 9.59 Å². The van der Waals surface area contributed by atoms with Gasteiger partial charge < -0.3 is 10.1 Å². The van der Waals surface area contributed by atoms with E-state index in [1.54, 1.807) is 0 Å². The van der Waals surface area contributed by atoms with Crippen molar-refractivity contribution in [2.75, 3.05) is 0 Å². The number of carbonyl (C=O) groups excluding carboxylic acids is 2. The highest BCUT2D eigenvalue weighted by Crippen LogP contribution is 2.02. The Morgan fingerprint density at radius 2 is 1.75 bits per heavy atom. The van der Waals surface area contributed by atoms with E-state index in [4.69, 9.17) is 0 Å². The summed E-state index contributed by atoms with van der Waals surface area (Å²) in [7, 11) is 0. The first-order valence-corrected chi connectivity index (χ1v) is 6.08. The number of hydrogen-bond acceptors (Lipinski definition) is 3. The molecule has 1 aromatic carbocycles. The van der Waals surface area contributed by atoms with Gasteiger partial charge in [-0.3, -0.25) is 9.59 Å². The monoisotopic (exact) mass is 277 g/mol. The lowest BCUT2D eigenvalue weighted by molar-refractivity contribution is -0.138. The number of amides is 1. The number of ether oxygens (including phenoxy) is 1. The minimum absolute atomic E-state index is 0.00820. The topological polar surface area (TPSA) is 55.4 Å². The molecule has 1 aromatic rings. The van der Waals surface area contributed by atoms with Crippen LogP contribution < -0.4 is 5.32 Å². The van der Waals surface area contributed by atoms with Crippen molar-refractivity contribution in [3.8, 4) is 12.8 Å². The molecule has 0 heterocycles. The van der Waals surface area contributed by atoms with Crippen LogP contribution in [0.15, 0.2) is 30.3 Å². The van der Waals surface area contributed by atoms with Gasteiger partial charge in [0.15, 0.2) is 0 Å². The second kappa shape index (κ2) is 11.8. The molecule has 20 heavy (non-hydrogen) atoms. The average molecular weight is 277 g/mol. The van der Waals surface area contributed by atoms with E-state index < -0.39 is 0 Å². The molecular weight excluding hydrogens is 254 g/mol. The third kappa shape index (κ3) is 15.7.